The van der Waals surface area contributed by atoms with Crippen LogP contribution in [0.15, 0.2) is 0 Å². The normalized spacial score (nSPS) is 10.8. The summed E-state index contributed by atoms with van der Waals surface area (Å²) in [5.41, 5.74) is 0. The molecule has 28 heavy (non-hydrogen) atoms. The van der Waals surface area contributed by atoms with Crippen LogP contribution in [0.25, 0.3) is 0 Å². The number of carboxylic acid groups (broad SMARTS) is 1. The SMILES string of the molecule is CCCCCCCCCCCCCOCCOCCOCCOCC(=O)[O-].[Na+]. The third-order valence-electron chi connectivity index (χ3n) is 4.23. The molecule has 0 aliphatic heterocycles. The molecule has 0 fully saturated rings. The van der Waals surface area contributed by atoms with E-state index in [0.717, 1.165) is 13.0 Å². The molecule has 0 rings (SSSR count). The van der Waals surface area contributed by atoms with Crippen LogP contribution in [0.4, 0.5) is 0 Å². The summed E-state index contributed by atoms with van der Waals surface area (Å²) in [6.45, 7) is 5.44. The van der Waals surface area contributed by atoms with Crippen LogP contribution in [0, 0.1) is 0 Å². The minimum absolute atomic E-state index is 0. The Morgan fingerprint density at radius 1 is 0.571 bits per heavy atom. The van der Waals surface area contributed by atoms with Crippen LogP contribution < -0.4 is 34.7 Å². The Balaban J connectivity index is 0. The van der Waals surface area contributed by atoms with Crippen molar-refractivity contribution in [2.24, 2.45) is 0 Å². The molecule has 0 aromatic rings. The quantitative estimate of drug-likeness (QED) is 0.175. The molecular formula is C21H41NaO6. The fourth-order valence-corrected chi connectivity index (χ4v) is 2.68. The number of aliphatic carboxylic acids is 1. The minimum atomic E-state index is -1.22. The largest absolute Gasteiger partial charge is 1.00 e. The van der Waals surface area contributed by atoms with E-state index in [4.69, 9.17) is 18.9 Å². The van der Waals surface area contributed by atoms with Crippen LogP contribution in [0.1, 0.15) is 77.6 Å². The maximum absolute atomic E-state index is 10.1. The van der Waals surface area contributed by atoms with Crippen LogP contribution in [-0.2, 0) is 23.7 Å². The predicted molar refractivity (Wildman–Crippen MR) is 105 cm³/mol. The van der Waals surface area contributed by atoms with Gasteiger partial charge >= 0.3 is 29.6 Å². The smallest absolute Gasteiger partial charge is 0.548 e. The molecule has 7 heteroatoms. The Bertz CT molecular complexity index is 305. The zero-order valence-corrected chi connectivity index (χ0v) is 20.4. The van der Waals surface area contributed by atoms with E-state index >= 15 is 0 Å². The van der Waals surface area contributed by atoms with Crippen molar-refractivity contribution < 1.29 is 58.4 Å². The van der Waals surface area contributed by atoms with Crippen molar-refractivity contribution in [1.82, 2.24) is 0 Å². The van der Waals surface area contributed by atoms with Crippen LogP contribution in [0.2, 0.25) is 0 Å². The Labute approximate surface area is 194 Å². The van der Waals surface area contributed by atoms with Gasteiger partial charge in [-0.15, -0.1) is 0 Å². The van der Waals surface area contributed by atoms with Gasteiger partial charge in [0.25, 0.3) is 0 Å². The van der Waals surface area contributed by atoms with Crippen molar-refractivity contribution in [2.75, 3.05) is 52.9 Å². The number of hydrogen-bond acceptors (Lipinski definition) is 6. The summed E-state index contributed by atoms with van der Waals surface area (Å²) in [6, 6.07) is 0. The molecule has 0 saturated carbocycles. The van der Waals surface area contributed by atoms with Gasteiger partial charge in [0.15, 0.2) is 0 Å². The van der Waals surface area contributed by atoms with Gasteiger partial charge in [0.1, 0.15) is 0 Å². The monoisotopic (exact) mass is 412 g/mol. The van der Waals surface area contributed by atoms with Crippen molar-refractivity contribution in [3.8, 4) is 0 Å². The number of carbonyl (C=O) groups excluding carboxylic acids is 1. The van der Waals surface area contributed by atoms with Crippen LogP contribution in [0.3, 0.4) is 0 Å². The first-order valence-corrected chi connectivity index (χ1v) is 10.8. The molecule has 0 aliphatic rings. The molecule has 0 unspecified atom stereocenters. The Hall–Kier alpha value is 0.310. The first kappa shape index (κ1) is 30.5. The first-order valence-electron chi connectivity index (χ1n) is 10.8. The van der Waals surface area contributed by atoms with Crippen molar-refractivity contribution >= 4 is 5.97 Å². The molecular weight excluding hydrogens is 371 g/mol. The number of carbonyl (C=O) groups is 1. The van der Waals surface area contributed by atoms with Gasteiger partial charge in [-0.1, -0.05) is 71.1 Å². The third kappa shape index (κ3) is 28.5. The second-order valence-electron chi connectivity index (χ2n) is 6.80. The average Bonchev–Trinajstić information content (AvgIpc) is 2.65. The topological polar surface area (TPSA) is 77.0 Å². The van der Waals surface area contributed by atoms with E-state index in [0.29, 0.717) is 33.0 Å². The molecule has 0 amide bonds. The maximum Gasteiger partial charge on any atom is 1.00 e. The minimum Gasteiger partial charge on any atom is -0.548 e. The van der Waals surface area contributed by atoms with E-state index < -0.39 is 12.6 Å². The molecule has 0 radical (unpaired) electrons. The summed E-state index contributed by atoms with van der Waals surface area (Å²) in [4.78, 5) is 10.1. The molecule has 0 N–H and O–H groups in total. The molecule has 162 valence electrons. The molecule has 0 bridgehead atoms. The second-order valence-corrected chi connectivity index (χ2v) is 6.80. The Morgan fingerprint density at radius 2 is 0.929 bits per heavy atom. The molecule has 0 aliphatic carbocycles. The standard InChI is InChI=1S/C21H42O6.Na/c1-2-3-4-5-6-7-8-9-10-11-12-13-24-14-15-25-16-17-26-18-19-27-20-21(22)23;/h2-20H2,1H3,(H,22,23);/q;+1/p-1. The molecule has 6 nitrogen and oxygen atoms in total. The van der Waals surface area contributed by atoms with Gasteiger partial charge in [-0.2, -0.15) is 0 Å². The fourth-order valence-electron chi connectivity index (χ4n) is 2.68. The Morgan fingerprint density at radius 3 is 1.36 bits per heavy atom. The van der Waals surface area contributed by atoms with Crippen molar-refractivity contribution in [3.63, 3.8) is 0 Å². The number of carboxylic acids is 1. The van der Waals surface area contributed by atoms with Crippen molar-refractivity contribution in [2.45, 2.75) is 77.6 Å². The van der Waals surface area contributed by atoms with Crippen molar-refractivity contribution in [1.29, 1.82) is 0 Å². The third-order valence-corrected chi connectivity index (χ3v) is 4.23. The first-order chi connectivity index (χ1) is 13.3. The van der Waals surface area contributed by atoms with E-state index in [1.165, 1.54) is 64.2 Å². The number of unbranched alkanes of at least 4 members (excludes halogenated alkanes) is 10. The Kier molecular flexibility index (Phi) is 29.8. The van der Waals surface area contributed by atoms with E-state index in [1.54, 1.807) is 0 Å². The van der Waals surface area contributed by atoms with Crippen LogP contribution in [-0.4, -0.2) is 58.8 Å². The van der Waals surface area contributed by atoms with E-state index in [2.05, 4.69) is 6.92 Å². The van der Waals surface area contributed by atoms with Crippen molar-refractivity contribution in [3.05, 3.63) is 0 Å². The van der Waals surface area contributed by atoms with Gasteiger partial charge in [0, 0.05) is 6.61 Å². The van der Waals surface area contributed by atoms with Gasteiger partial charge in [-0.05, 0) is 6.42 Å². The number of rotatable bonds is 23. The summed E-state index contributed by atoms with van der Waals surface area (Å²) in [5, 5.41) is 10.1. The van der Waals surface area contributed by atoms with Crippen LogP contribution >= 0.6 is 0 Å². The second kappa shape index (κ2) is 27.3. The van der Waals surface area contributed by atoms with E-state index in [-0.39, 0.29) is 36.2 Å². The van der Waals surface area contributed by atoms with Gasteiger partial charge in [-0.25, -0.2) is 0 Å². The van der Waals surface area contributed by atoms with Crippen LogP contribution in [0.5, 0.6) is 0 Å². The summed E-state index contributed by atoms with van der Waals surface area (Å²) in [6.07, 6.45) is 14.8. The summed E-state index contributed by atoms with van der Waals surface area (Å²) >= 11 is 0. The maximum atomic E-state index is 10.1. The summed E-state index contributed by atoms with van der Waals surface area (Å²) in [5.74, 6) is -1.22. The predicted octanol–water partition coefficient (Wildman–Crippen LogP) is 0.118. The molecule has 0 spiro atoms. The van der Waals surface area contributed by atoms with E-state index in [1.807, 2.05) is 0 Å². The fraction of sp³-hybridized carbons (Fsp3) is 0.952. The molecule has 0 aromatic carbocycles. The average molecular weight is 413 g/mol. The number of hydrogen-bond donors (Lipinski definition) is 0. The zero-order chi connectivity index (χ0) is 19.8. The van der Waals surface area contributed by atoms with Gasteiger partial charge in [0.05, 0.1) is 52.2 Å². The molecule has 0 aromatic heterocycles. The van der Waals surface area contributed by atoms with Gasteiger partial charge in [-0.3, -0.25) is 0 Å². The number of ether oxygens (including phenoxy) is 4. The van der Waals surface area contributed by atoms with Gasteiger partial charge < -0.3 is 28.8 Å². The summed E-state index contributed by atoms with van der Waals surface area (Å²) in [7, 11) is 0. The summed E-state index contributed by atoms with van der Waals surface area (Å²) < 4.78 is 21.0. The molecule has 0 heterocycles. The molecule has 0 saturated heterocycles. The van der Waals surface area contributed by atoms with Gasteiger partial charge in [0.2, 0.25) is 0 Å². The molecule has 0 atom stereocenters. The van der Waals surface area contributed by atoms with E-state index in [9.17, 15) is 9.90 Å². The zero-order valence-electron chi connectivity index (χ0n) is 18.4.